The van der Waals surface area contributed by atoms with E-state index in [1.165, 1.54) is 0 Å². The maximum atomic E-state index is 12.5. The van der Waals surface area contributed by atoms with Crippen LogP contribution in [0.1, 0.15) is 12.5 Å². The van der Waals surface area contributed by atoms with Gasteiger partial charge in [0.1, 0.15) is 11.5 Å². The van der Waals surface area contributed by atoms with Gasteiger partial charge in [0.15, 0.2) is 0 Å². The van der Waals surface area contributed by atoms with Crippen molar-refractivity contribution in [1.29, 1.82) is 0 Å². The SMILES string of the molecule is CC1=N/C(=C\c2ccccc2)C(=O)N1c1ccccc1. The van der Waals surface area contributed by atoms with Crippen LogP contribution in [0.15, 0.2) is 71.4 Å². The second-order valence-corrected chi connectivity index (χ2v) is 4.58. The van der Waals surface area contributed by atoms with E-state index in [4.69, 9.17) is 0 Å². The summed E-state index contributed by atoms with van der Waals surface area (Å²) in [6, 6.07) is 19.3. The van der Waals surface area contributed by atoms with Gasteiger partial charge in [0.05, 0.1) is 5.69 Å². The highest BCUT2D eigenvalue weighted by molar-refractivity contribution is 6.28. The lowest BCUT2D eigenvalue weighted by molar-refractivity contribution is -0.113. The maximum Gasteiger partial charge on any atom is 0.282 e. The fourth-order valence-corrected chi connectivity index (χ4v) is 2.22. The van der Waals surface area contributed by atoms with Crippen LogP contribution >= 0.6 is 0 Å². The third-order valence-corrected chi connectivity index (χ3v) is 3.15. The minimum Gasteiger partial charge on any atom is -0.266 e. The van der Waals surface area contributed by atoms with E-state index in [-0.39, 0.29) is 5.91 Å². The van der Waals surface area contributed by atoms with E-state index in [0.29, 0.717) is 11.5 Å². The number of nitrogens with zero attached hydrogens (tertiary/aromatic N) is 2. The zero-order valence-electron chi connectivity index (χ0n) is 11.2. The van der Waals surface area contributed by atoms with E-state index in [1.54, 1.807) is 4.90 Å². The van der Waals surface area contributed by atoms with E-state index < -0.39 is 0 Å². The summed E-state index contributed by atoms with van der Waals surface area (Å²) >= 11 is 0. The zero-order chi connectivity index (χ0) is 13.9. The number of hydrogen-bond donors (Lipinski definition) is 0. The average molecular weight is 262 g/mol. The van der Waals surface area contributed by atoms with E-state index in [9.17, 15) is 4.79 Å². The normalized spacial score (nSPS) is 16.6. The molecule has 0 spiro atoms. The van der Waals surface area contributed by atoms with Gasteiger partial charge in [-0.25, -0.2) is 4.99 Å². The molecule has 0 saturated heterocycles. The van der Waals surface area contributed by atoms with Crippen LogP contribution in [-0.4, -0.2) is 11.7 Å². The Kier molecular flexibility index (Phi) is 3.17. The van der Waals surface area contributed by atoms with Crippen molar-refractivity contribution >= 4 is 23.5 Å². The highest BCUT2D eigenvalue weighted by Crippen LogP contribution is 2.24. The van der Waals surface area contributed by atoms with Gasteiger partial charge in [-0.2, -0.15) is 0 Å². The monoisotopic (exact) mass is 262 g/mol. The Labute approximate surface area is 117 Å². The largest absolute Gasteiger partial charge is 0.282 e. The number of anilines is 1. The minimum absolute atomic E-state index is 0.0856. The predicted molar refractivity (Wildman–Crippen MR) is 81.5 cm³/mol. The van der Waals surface area contributed by atoms with Crippen LogP contribution in [0.2, 0.25) is 0 Å². The molecular weight excluding hydrogens is 248 g/mol. The van der Waals surface area contributed by atoms with Crippen molar-refractivity contribution in [3.8, 4) is 0 Å². The lowest BCUT2D eigenvalue weighted by atomic mass is 10.2. The van der Waals surface area contributed by atoms with Gasteiger partial charge >= 0.3 is 0 Å². The first-order chi connectivity index (χ1) is 9.75. The topological polar surface area (TPSA) is 32.7 Å². The Bertz CT molecular complexity index is 687. The molecule has 0 aromatic heterocycles. The summed E-state index contributed by atoms with van der Waals surface area (Å²) < 4.78 is 0. The van der Waals surface area contributed by atoms with Crippen LogP contribution in [0.25, 0.3) is 6.08 Å². The molecule has 0 radical (unpaired) electrons. The molecule has 2 aromatic carbocycles. The van der Waals surface area contributed by atoms with Gasteiger partial charge in [-0.3, -0.25) is 9.69 Å². The Balaban J connectivity index is 1.95. The molecule has 0 fully saturated rings. The van der Waals surface area contributed by atoms with Gasteiger partial charge in [-0.05, 0) is 30.7 Å². The molecule has 20 heavy (non-hydrogen) atoms. The number of para-hydroxylation sites is 1. The quantitative estimate of drug-likeness (QED) is 0.762. The van der Waals surface area contributed by atoms with Gasteiger partial charge in [0, 0.05) is 0 Å². The molecule has 2 aromatic rings. The summed E-state index contributed by atoms with van der Waals surface area (Å²) in [4.78, 5) is 18.5. The molecule has 0 bridgehead atoms. The van der Waals surface area contributed by atoms with Crippen molar-refractivity contribution in [2.45, 2.75) is 6.92 Å². The van der Waals surface area contributed by atoms with Gasteiger partial charge in [-0.1, -0.05) is 48.5 Å². The molecule has 0 unspecified atom stereocenters. The van der Waals surface area contributed by atoms with Crippen molar-refractivity contribution in [3.63, 3.8) is 0 Å². The highest BCUT2D eigenvalue weighted by atomic mass is 16.2. The number of amides is 1. The van der Waals surface area contributed by atoms with Gasteiger partial charge in [0.2, 0.25) is 0 Å². The average Bonchev–Trinajstić information content (AvgIpc) is 2.75. The number of rotatable bonds is 2. The number of carbonyl (C=O) groups is 1. The fourth-order valence-electron chi connectivity index (χ4n) is 2.22. The second-order valence-electron chi connectivity index (χ2n) is 4.58. The van der Waals surface area contributed by atoms with E-state index in [1.807, 2.05) is 73.7 Å². The molecule has 1 heterocycles. The van der Waals surface area contributed by atoms with Crippen LogP contribution < -0.4 is 4.90 Å². The molecular formula is C17H14N2O. The molecule has 3 nitrogen and oxygen atoms in total. The maximum absolute atomic E-state index is 12.5. The smallest absolute Gasteiger partial charge is 0.266 e. The van der Waals surface area contributed by atoms with Crippen LogP contribution in [0.4, 0.5) is 5.69 Å². The van der Waals surface area contributed by atoms with Gasteiger partial charge in [-0.15, -0.1) is 0 Å². The van der Waals surface area contributed by atoms with Crippen molar-refractivity contribution < 1.29 is 4.79 Å². The lowest BCUT2D eigenvalue weighted by Crippen LogP contribution is -2.29. The summed E-state index contributed by atoms with van der Waals surface area (Å²) in [5.41, 5.74) is 2.29. The standard InChI is InChI=1S/C17H14N2O/c1-13-18-16(12-14-8-4-2-5-9-14)17(20)19(13)15-10-6-3-7-11-15/h2-12H,1H3/b16-12-. The first kappa shape index (κ1) is 12.4. The molecule has 98 valence electrons. The van der Waals surface area contributed by atoms with Crippen molar-refractivity contribution in [2.75, 3.05) is 4.90 Å². The number of carbonyl (C=O) groups excluding carboxylic acids is 1. The third kappa shape index (κ3) is 2.26. The highest BCUT2D eigenvalue weighted by Gasteiger charge is 2.28. The molecule has 0 atom stereocenters. The predicted octanol–water partition coefficient (Wildman–Crippen LogP) is 3.49. The van der Waals surface area contributed by atoms with Crippen LogP contribution in [-0.2, 0) is 4.79 Å². The third-order valence-electron chi connectivity index (χ3n) is 3.15. The Morgan fingerprint density at radius 3 is 2.20 bits per heavy atom. The number of benzene rings is 2. The van der Waals surface area contributed by atoms with Crippen molar-refractivity contribution in [2.24, 2.45) is 4.99 Å². The number of aliphatic imine (C=N–C) groups is 1. The molecule has 3 rings (SSSR count). The number of hydrogen-bond acceptors (Lipinski definition) is 2. The van der Waals surface area contributed by atoms with Crippen molar-refractivity contribution in [1.82, 2.24) is 0 Å². The first-order valence-corrected chi connectivity index (χ1v) is 6.47. The molecule has 1 aliphatic heterocycles. The van der Waals surface area contributed by atoms with Crippen LogP contribution in [0.5, 0.6) is 0 Å². The zero-order valence-corrected chi connectivity index (χ0v) is 11.2. The molecule has 0 aliphatic carbocycles. The molecule has 0 N–H and O–H groups in total. The first-order valence-electron chi connectivity index (χ1n) is 6.47. The van der Waals surface area contributed by atoms with Crippen LogP contribution in [0.3, 0.4) is 0 Å². The Morgan fingerprint density at radius 2 is 1.55 bits per heavy atom. The molecule has 3 heteroatoms. The lowest BCUT2D eigenvalue weighted by Gasteiger charge is -2.15. The molecule has 1 amide bonds. The van der Waals surface area contributed by atoms with E-state index in [0.717, 1.165) is 11.3 Å². The van der Waals surface area contributed by atoms with E-state index in [2.05, 4.69) is 4.99 Å². The van der Waals surface area contributed by atoms with Crippen LogP contribution in [0, 0.1) is 0 Å². The number of amidine groups is 1. The molecule has 0 saturated carbocycles. The summed E-state index contributed by atoms with van der Waals surface area (Å²) in [6.07, 6.45) is 1.81. The minimum atomic E-state index is -0.0856. The second kappa shape index (κ2) is 5.13. The summed E-state index contributed by atoms with van der Waals surface area (Å²) in [6.45, 7) is 1.84. The molecule has 1 aliphatic rings. The Morgan fingerprint density at radius 1 is 0.950 bits per heavy atom. The van der Waals surface area contributed by atoms with E-state index >= 15 is 0 Å². The van der Waals surface area contributed by atoms with Gasteiger partial charge < -0.3 is 0 Å². The Hall–Kier alpha value is -2.68. The summed E-state index contributed by atoms with van der Waals surface area (Å²) in [5.74, 6) is 0.612. The fraction of sp³-hybridized carbons (Fsp3) is 0.0588. The van der Waals surface area contributed by atoms with Gasteiger partial charge in [0.25, 0.3) is 5.91 Å². The van der Waals surface area contributed by atoms with Crippen molar-refractivity contribution in [3.05, 3.63) is 71.9 Å². The summed E-state index contributed by atoms with van der Waals surface area (Å²) in [7, 11) is 0. The summed E-state index contributed by atoms with van der Waals surface area (Å²) in [5, 5.41) is 0.